The van der Waals surface area contributed by atoms with Crippen molar-refractivity contribution in [1.82, 2.24) is 10.2 Å². The number of carbonyl (C=O) groups is 1. The summed E-state index contributed by atoms with van der Waals surface area (Å²) in [6, 6.07) is 7.82. The molecule has 4 heteroatoms. The number of carbonyl (C=O) groups excluding carboxylic acids is 1. The Morgan fingerprint density at radius 3 is 3.12 bits per heavy atom. The van der Waals surface area contributed by atoms with E-state index in [2.05, 4.69) is 10.2 Å². The molecule has 1 aromatic carbocycles. The minimum absolute atomic E-state index is 0.112. The number of benzene rings is 1. The number of amides is 1. The average Bonchev–Trinajstić information content (AvgIpc) is 2.43. The monoisotopic (exact) mass is 219 g/mol. The molecule has 0 saturated carbocycles. The van der Waals surface area contributed by atoms with Gasteiger partial charge in [0.05, 0.1) is 6.54 Å². The fraction of sp³-hybridized carbons (Fsp3) is 0.417. The first-order valence-electron chi connectivity index (χ1n) is 5.57. The van der Waals surface area contributed by atoms with Crippen LogP contribution in [0.2, 0.25) is 0 Å². The van der Waals surface area contributed by atoms with Gasteiger partial charge < -0.3 is 11.1 Å². The molecule has 0 unspecified atom stereocenters. The molecule has 3 N–H and O–H groups in total. The summed E-state index contributed by atoms with van der Waals surface area (Å²) >= 11 is 0. The van der Waals surface area contributed by atoms with E-state index in [1.807, 2.05) is 24.3 Å². The maximum Gasteiger partial charge on any atom is 0.234 e. The lowest BCUT2D eigenvalue weighted by atomic mass is 10.2. The third kappa shape index (κ3) is 2.97. The van der Waals surface area contributed by atoms with Crippen molar-refractivity contribution in [2.45, 2.75) is 13.0 Å². The molecule has 86 valence electrons. The van der Waals surface area contributed by atoms with E-state index in [0.29, 0.717) is 6.54 Å². The molecule has 0 aliphatic carbocycles. The Hall–Kier alpha value is -1.55. The fourth-order valence-corrected chi connectivity index (χ4v) is 1.95. The zero-order valence-electron chi connectivity index (χ0n) is 9.28. The lowest BCUT2D eigenvalue weighted by Gasteiger charge is -2.18. The van der Waals surface area contributed by atoms with Crippen molar-refractivity contribution in [2.24, 2.45) is 0 Å². The van der Waals surface area contributed by atoms with Crippen molar-refractivity contribution in [3.8, 4) is 0 Å². The van der Waals surface area contributed by atoms with Crippen molar-refractivity contribution in [3.63, 3.8) is 0 Å². The number of nitrogens with two attached hydrogens (primary N) is 1. The first-order valence-corrected chi connectivity index (χ1v) is 5.57. The molecule has 1 amide bonds. The van der Waals surface area contributed by atoms with E-state index >= 15 is 0 Å². The SMILES string of the molecule is Nc1cccc(CN2CCCNC(=O)C2)c1. The number of nitrogen functional groups attached to an aromatic ring is 1. The second-order valence-electron chi connectivity index (χ2n) is 4.16. The van der Waals surface area contributed by atoms with Gasteiger partial charge in [0, 0.05) is 25.3 Å². The highest BCUT2D eigenvalue weighted by Gasteiger charge is 2.14. The Bertz CT molecular complexity index is 378. The lowest BCUT2D eigenvalue weighted by molar-refractivity contribution is -0.121. The quantitative estimate of drug-likeness (QED) is 0.716. The van der Waals surface area contributed by atoms with Crippen molar-refractivity contribution >= 4 is 11.6 Å². The molecule has 1 fully saturated rings. The number of hydrogen-bond donors (Lipinski definition) is 2. The number of rotatable bonds is 2. The molecular formula is C12H17N3O. The summed E-state index contributed by atoms with van der Waals surface area (Å²) in [5, 5.41) is 2.87. The second-order valence-corrected chi connectivity index (χ2v) is 4.16. The van der Waals surface area contributed by atoms with Crippen LogP contribution in [0.3, 0.4) is 0 Å². The van der Waals surface area contributed by atoms with Gasteiger partial charge in [-0.25, -0.2) is 0 Å². The van der Waals surface area contributed by atoms with Crippen LogP contribution in [0.15, 0.2) is 24.3 Å². The normalized spacial score (nSPS) is 17.9. The van der Waals surface area contributed by atoms with Gasteiger partial charge in [0.25, 0.3) is 0 Å². The van der Waals surface area contributed by atoms with Gasteiger partial charge in [0.2, 0.25) is 5.91 Å². The highest BCUT2D eigenvalue weighted by Crippen LogP contribution is 2.10. The molecular weight excluding hydrogens is 202 g/mol. The molecule has 4 nitrogen and oxygen atoms in total. The molecule has 0 radical (unpaired) electrons. The molecule has 1 saturated heterocycles. The summed E-state index contributed by atoms with van der Waals surface area (Å²) in [4.78, 5) is 13.5. The van der Waals surface area contributed by atoms with Crippen molar-refractivity contribution in [2.75, 3.05) is 25.4 Å². The van der Waals surface area contributed by atoms with E-state index in [-0.39, 0.29) is 5.91 Å². The second kappa shape index (κ2) is 4.99. The minimum atomic E-state index is 0.112. The van der Waals surface area contributed by atoms with Crippen LogP contribution in [0.5, 0.6) is 0 Å². The van der Waals surface area contributed by atoms with E-state index < -0.39 is 0 Å². The number of nitrogens with zero attached hydrogens (tertiary/aromatic N) is 1. The largest absolute Gasteiger partial charge is 0.399 e. The molecule has 0 spiro atoms. The standard InChI is InChI=1S/C12H17N3O/c13-11-4-1-3-10(7-11)8-15-6-2-5-14-12(16)9-15/h1,3-4,7H,2,5-6,8-9,13H2,(H,14,16). The summed E-state index contributed by atoms with van der Waals surface area (Å²) in [5.41, 5.74) is 7.66. The maximum atomic E-state index is 11.4. The minimum Gasteiger partial charge on any atom is -0.399 e. The first kappa shape index (κ1) is 11.0. The van der Waals surface area contributed by atoms with Crippen LogP contribution in [-0.4, -0.2) is 30.4 Å². The summed E-state index contributed by atoms with van der Waals surface area (Å²) in [6.45, 7) is 3.01. The van der Waals surface area contributed by atoms with E-state index in [1.165, 1.54) is 0 Å². The third-order valence-electron chi connectivity index (χ3n) is 2.70. The first-order chi connectivity index (χ1) is 7.74. The molecule has 1 aliphatic rings. The average molecular weight is 219 g/mol. The predicted molar refractivity (Wildman–Crippen MR) is 63.8 cm³/mol. The molecule has 0 atom stereocenters. The van der Waals surface area contributed by atoms with Crippen LogP contribution >= 0.6 is 0 Å². The number of anilines is 1. The topological polar surface area (TPSA) is 58.4 Å². The Morgan fingerprint density at radius 2 is 2.31 bits per heavy atom. The number of nitrogens with one attached hydrogen (secondary N) is 1. The summed E-state index contributed by atoms with van der Waals surface area (Å²) in [7, 11) is 0. The summed E-state index contributed by atoms with van der Waals surface area (Å²) in [5.74, 6) is 0.112. The Kier molecular flexibility index (Phi) is 3.41. The van der Waals surface area contributed by atoms with E-state index in [0.717, 1.165) is 37.3 Å². The van der Waals surface area contributed by atoms with Gasteiger partial charge in [-0.15, -0.1) is 0 Å². The predicted octanol–water partition coefficient (Wildman–Crippen LogP) is 0.591. The highest BCUT2D eigenvalue weighted by atomic mass is 16.2. The Labute approximate surface area is 95.4 Å². The summed E-state index contributed by atoms with van der Waals surface area (Å²) in [6.07, 6.45) is 1.01. The highest BCUT2D eigenvalue weighted by molar-refractivity contribution is 5.78. The van der Waals surface area contributed by atoms with Crippen molar-refractivity contribution in [3.05, 3.63) is 29.8 Å². The molecule has 1 aromatic rings. The molecule has 0 bridgehead atoms. The maximum absolute atomic E-state index is 11.4. The van der Waals surface area contributed by atoms with E-state index in [1.54, 1.807) is 0 Å². The molecule has 1 heterocycles. The zero-order valence-corrected chi connectivity index (χ0v) is 9.28. The Balaban J connectivity index is 2.00. The van der Waals surface area contributed by atoms with Crippen LogP contribution in [0, 0.1) is 0 Å². The van der Waals surface area contributed by atoms with Gasteiger partial charge in [0.15, 0.2) is 0 Å². The smallest absolute Gasteiger partial charge is 0.234 e. The molecule has 1 aliphatic heterocycles. The third-order valence-corrected chi connectivity index (χ3v) is 2.70. The van der Waals surface area contributed by atoms with Crippen molar-refractivity contribution in [1.29, 1.82) is 0 Å². The van der Waals surface area contributed by atoms with Crippen molar-refractivity contribution < 1.29 is 4.79 Å². The Morgan fingerprint density at radius 1 is 1.44 bits per heavy atom. The molecule has 2 rings (SSSR count). The molecule has 0 aromatic heterocycles. The number of hydrogen-bond acceptors (Lipinski definition) is 3. The lowest BCUT2D eigenvalue weighted by Crippen LogP contribution is -2.32. The van der Waals surface area contributed by atoms with Gasteiger partial charge in [-0.2, -0.15) is 0 Å². The molecule has 16 heavy (non-hydrogen) atoms. The van der Waals surface area contributed by atoms with Gasteiger partial charge in [-0.1, -0.05) is 12.1 Å². The fourth-order valence-electron chi connectivity index (χ4n) is 1.95. The van der Waals surface area contributed by atoms with Crippen LogP contribution < -0.4 is 11.1 Å². The van der Waals surface area contributed by atoms with Gasteiger partial charge in [-0.05, 0) is 24.1 Å². The van der Waals surface area contributed by atoms with E-state index in [9.17, 15) is 4.79 Å². The van der Waals surface area contributed by atoms with Gasteiger partial charge >= 0.3 is 0 Å². The van der Waals surface area contributed by atoms with Crippen LogP contribution in [0.1, 0.15) is 12.0 Å². The van der Waals surface area contributed by atoms with Gasteiger partial charge in [-0.3, -0.25) is 9.69 Å². The van der Waals surface area contributed by atoms with Crippen LogP contribution in [0.25, 0.3) is 0 Å². The summed E-state index contributed by atoms with van der Waals surface area (Å²) < 4.78 is 0. The van der Waals surface area contributed by atoms with Crippen LogP contribution in [-0.2, 0) is 11.3 Å². The van der Waals surface area contributed by atoms with Gasteiger partial charge in [0.1, 0.15) is 0 Å². The van der Waals surface area contributed by atoms with Crippen LogP contribution in [0.4, 0.5) is 5.69 Å². The zero-order chi connectivity index (χ0) is 11.4. The van der Waals surface area contributed by atoms with E-state index in [4.69, 9.17) is 5.73 Å².